The monoisotopic (exact) mass is 298 g/mol. The lowest BCUT2D eigenvalue weighted by Gasteiger charge is -2.49. The van der Waals surface area contributed by atoms with E-state index in [9.17, 15) is 0 Å². The van der Waals surface area contributed by atoms with Gasteiger partial charge >= 0.3 is 0 Å². The van der Waals surface area contributed by atoms with Crippen molar-refractivity contribution in [3.8, 4) is 0 Å². The highest BCUT2D eigenvalue weighted by Crippen LogP contribution is 2.32. The largest absolute Gasteiger partial charge is 0.309 e. The van der Waals surface area contributed by atoms with Crippen LogP contribution >= 0.6 is 11.8 Å². The molecular weight excluding hydrogens is 264 g/mol. The fourth-order valence-corrected chi connectivity index (χ4v) is 4.55. The van der Waals surface area contributed by atoms with Crippen LogP contribution in [0.5, 0.6) is 0 Å². The Morgan fingerprint density at radius 3 is 2.60 bits per heavy atom. The van der Waals surface area contributed by atoms with Crippen LogP contribution in [0.3, 0.4) is 0 Å². The molecule has 1 saturated heterocycles. The molecule has 1 aliphatic carbocycles. The summed E-state index contributed by atoms with van der Waals surface area (Å²) in [6.07, 6.45) is 8.56. The molecule has 1 N–H and O–H groups in total. The summed E-state index contributed by atoms with van der Waals surface area (Å²) in [4.78, 5) is 2.83. The molecule has 0 amide bonds. The Hall–Kier alpha value is 0.270. The third-order valence-corrected chi connectivity index (χ3v) is 6.34. The first-order valence-electron chi connectivity index (χ1n) is 8.75. The molecule has 1 aliphatic heterocycles. The second-order valence-electron chi connectivity index (χ2n) is 6.93. The van der Waals surface area contributed by atoms with Crippen molar-refractivity contribution in [2.75, 3.05) is 31.1 Å². The zero-order chi connectivity index (χ0) is 14.4. The molecule has 0 aromatic rings. The summed E-state index contributed by atoms with van der Waals surface area (Å²) in [5, 5.41) is 3.86. The van der Waals surface area contributed by atoms with Crippen molar-refractivity contribution in [2.24, 2.45) is 5.92 Å². The van der Waals surface area contributed by atoms with Crippen LogP contribution in [0, 0.1) is 5.92 Å². The van der Waals surface area contributed by atoms with Gasteiger partial charge in [-0.1, -0.05) is 33.1 Å². The first-order valence-corrected chi connectivity index (χ1v) is 9.91. The number of hydrogen-bond donors (Lipinski definition) is 1. The minimum Gasteiger partial charge on any atom is -0.309 e. The Labute approximate surface area is 130 Å². The third kappa shape index (κ3) is 4.38. The van der Waals surface area contributed by atoms with Crippen LogP contribution in [0.2, 0.25) is 0 Å². The first kappa shape index (κ1) is 16.6. The Morgan fingerprint density at radius 1 is 1.20 bits per heavy atom. The minimum atomic E-state index is 0.335. The maximum atomic E-state index is 3.86. The number of hydrogen-bond acceptors (Lipinski definition) is 3. The maximum Gasteiger partial charge on any atom is 0.0278 e. The van der Waals surface area contributed by atoms with Crippen LogP contribution in [-0.2, 0) is 0 Å². The van der Waals surface area contributed by atoms with Crippen LogP contribution in [0.1, 0.15) is 59.3 Å². The van der Waals surface area contributed by atoms with Crippen molar-refractivity contribution < 1.29 is 0 Å². The normalized spacial score (nSPS) is 33.5. The molecule has 0 radical (unpaired) electrons. The van der Waals surface area contributed by atoms with Gasteiger partial charge in [0.2, 0.25) is 0 Å². The van der Waals surface area contributed by atoms with Gasteiger partial charge in [-0.2, -0.15) is 11.8 Å². The Balaban J connectivity index is 1.96. The van der Waals surface area contributed by atoms with Crippen LogP contribution in [0.25, 0.3) is 0 Å². The zero-order valence-corrected chi connectivity index (χ0v) is 14.6. The van der Waals surface area contributed by atoms with Gasteiger partial charge in [-0.25, -0.2) is 0 Å². The summed E-state index contributed by atoms with van der Waals surface area (Å²) in [6, 6.07) is 0.799. The number of thioether (sulfide) groups is 1. The molecule has 3 heteroatoms. The van der Waals surface area contributed by atoms with Gasteiger partial charge in [-0.05, 0) is 37.9 Å². The van der Waals surface area contributed by atoms with Crippen molar-refractivity contribution in [3.05, 3.63) is 0 Å². The Kier molecular flexibility index (Phi) is 6.70. The predicted molar refractivity (Wildman–Crippen MR) is 91.6 cm³/mol. The summed E-state index contributed by atoms with van der Waals surface area (Å²) in [5.74, 6) is 3.51. The predicted octanol–water partition coefficient (Wildman–Crippen LogP) is 3.76. The molecule has 0 spiro atoms. The van der Waals surface area contributed by atoms with Crippen molar-refractivity contribution >= 4 is 11.8 Å². The van der Waals surface area contributed by atoms with Crippen molar-refractivity contribution in [2.45, 2.75) is 70.9 Å². The van der Waals surface area contributed by atoms with Crippen LogP contribution in [-0.4, -0.2) is 47.6 Å². The summed E-state index contributed by atoms with van der Waals surface area (Å²) < 4.78 is 0. The molecule has 2 unspecified atom stereocenters. The number of nitrogens with zero attached hydrogens (tertiary/aromatic N) is 1. The van der Waals surface area contributed by atoms with Gasteiger partial charge in [0.15, 0.2) is 0 Å². The molecule has 2 aliphatic rings. The second-order valence-corrected chi connectivity index (χ2v) is 8.32. The zero-order valence-electron chi connectivity index (χ0n) is 13.8. The second kappa shape index (κ2) is 8.05. The van der Waals surface area contributed by atoms with E-state index >= 15 is 0 Å². The average molecular weight is 299 g/mol. The van der Waals surface area contributed by atoms with Crippen LogP contribution in [0.15, 0.2) is 0 Å². The van der Waals surface area contributed by atoms with Crippen LogP contribution < -0.4 is 5.32 Å². The molecular formula is C17H34N2S. The highest BCUT2D eigenvalue weighted by atomic mass is 32.2. The molecule has 20 heavy (non-hydrogen) atoms. The molecule has 2 fully saturated rings. The molecule has 0 bridgehead atoms. The maximum absolute atomic E-state index is 3.86. The van der Waals surface area contributed by atoms with Gasteiger partial charge < -0.3 is 5.32 Å². The van der Waals surface area contributed by atoms with E-state index in [1.54, 1.807) is 0 Å². The summed E-state index contributed by atoms with van der Waals surface area (Å²) in [6.45, 7) is 10.8. The van der Waals surface area contributed by atoms with Crippen molar-refractivity contribution in [1.29, 1.82) is 0 Å². The minimum absolute atomic E-state index is 0.335. The fraction of sp³-hybridized carbons (Fsp3) is 1.00. The lowest BCUT2D eigenvalue weighted by atomic mass is 9.80. The van der Waals surface area contributed by atoms with E-state index in [-0.39, 0.29) is 0 Å². The summed E-state index contributed by atoms with van der Waals surface area (Å²) in [7, 11) is 0. The van der Waals surface area contributed by atoms with E-state index < -0.39 is 0 Å². The van der Waals surface area contributed by atoms with Gasteiger partial charge in [-0.15, -0.1) is 0 Å². The van der Waals surface area contributed by atoms with E-state index in [2.05, 4.69) is 42.7 Å². The number of piperazine rings is 1. The topological polar surface area (TPSA) is 15.3 Å². The molecule has 0 aromatic heterocycles. The molecule has 0 aromatic carbocycles. The van der Waals surface area contributed by atoms with E-state index in [4.69, 9.17) is 0 Å². The molecule has 1 heterocycles. The third-order valence-electron chi connectivity index (χ3n) is 5.46. The van der Waals surface area contributed by atoms with E-state index in [0.29, 0.717) is 5.54 Å². The van der Waals surface area contributed by atoms with Gasteiger partial charge in [0.25, 0.3) is 0 Å². The van der Waals surface area contributed by atoms with Crippen LogP contribution in [0.4, 0.5) is 0 Å². The molecule has 118 valence electrons. The first-order chi connectivity index (χ1) is 9.68. The molecule has 2 rings (SSSR count). The smallest absolute Gasteiger partial charge is 0.0278 e. The van der Waals surface area contributed by atoms with Crippen molar-refractivity contribution in [3.63, 3.8) is 0 Å². The van der Waals surface area contributed by atoms with Crippen molar-refractivity contribution in [1.82, 2.24) is 10.2 Å². The SMILES string of the molecule is CCSCCN1CC(C)(CC)NCC1C1CCCCC1. The average Bonchev–Trinajstić information content (AvgIpc) is 2.49. The molecule has 2 atom stereocenters. The Bertz CT molecular complexity index is 278. The Morgan fingerprint density at radius 2 is 1.95 bits per heavy atom. The van der Waals surface area contributed by atoms with Gasteiger partial charge in [0, 0.05) is 37.0 Å². The van der Waals surface area contributed by atoms with Gasteiger partial charge in [0.05, 0.1) is 0 Å². The van der Waals surface area contributed by atoms with E-state index in [1.165, 1.54) is 69.7 Å². The molecule has 2 nitrogen and oxygen atoms in total. The summed E-state index contributed by atoms with van der Waals surface area (Å²) in [5.41, 5.74) is 0.335. The van der Waals surface area contributed by atoms with E-state index in [0.717, 1.165) is 12.0 Å². The quantitative estimate of drug-likeness (QED) is 0.752. The fourth-order valence-electron chi connectivity index (χ4n) is 3.89. The lowest BCUT2D eigenvalue weighted by Crippen LogP contribution is -2.64. The highest BCUT2D eigenvalue weighted by Gasteiger charge is 2.37. The van der Waals surface area contributed by atoms with Gasteiger partial charge in [0.1, 0.15) is 0 Å². The standard InChI is InChI=1S/C17H34N2S/c1-4-17(3)14-19(11-12-20-5-2)16(13-18-17)15-9-7-6-8-10-15/h15-16,18H,4-14H2,1-3H3. The number of rotatable bonds is 6. The highest BCUT2D eigenvalue weighted by molar-refractivity contribution is 7.99. The van der Waals surface area contributed by atoms with Gasteiger partial charge in [-0.3, -0.25) is 4.90 Å². The molecule has 1 saturated carbocycles. The number of nitrogens with one attached hydrogen (secondary N) is 1. The van der Waals surface area contributed by atoms with E-state index in [1.807, 2.05) is 0 Å². The lowest BCUT2D eigenvalue weighted by molar-refractivity contribution is 0.0456. The summed E-state index contributed by atoms with van der Waals surface area (Å²) >= 11 is 2.10.